The van der Waals surface area contributed by atoms with Crippen molar-refractivity contribution in [3.8, 4) is 0 Å². The van der Waals surface area contributed by atoms with Gasteiger partial charge in [-0.1, -0.05) is 30.3 Å². The first-order valence-corrected chi connectivity index (χ1v) is 5.13. The van der Waals surface area contributed by atoms with Crippen molar-refractivity contribution in [2.75, 3.05) is 6.61 Å². The number of benzene rings is 1. The number of hydrogen-bond donors (Lipinski definition) is 0. The fourth-order valence-corrected chi connectivity index (χ4v) is 2.56. The number of rotatable bonds is 1. The highest BCUT2D eigenvalue weighted by Gasteiger charge is 2.52. The minimum atomic E-state index is 0.552. The summed E-state index contributed by atoms with van der Waals surface area (Å²) in [6.07, 6.45) is 3.17. The van der Waals surface area contributed by atoms with Gasteiger partial charge in [-0.05, 0) is 24.3 Å². The molecular formula is C12H14O. The largest absolute Gasteiger partial charge is 0.377 e. The zero-order valence-electron chi connectivity index (χ0n) is 7.65. The Morgan fingerprint density at radius 2 is 2.00 bits per heavy atom. The van der Waals surface area contributed by atoms with E-state index in [1.54, 1.807) is 0 Å². The molecule has 1 aromatic rings. The van der Waals surface area contributed by atoms with Crippen LogP contribution in [-0.4, -0.2) is 12.7 Å². The summed E-state index contributed by atoms with van der Waals surface area (Å²) in [5.41, 5.74) is 1.47. The molecule has 1 aliphatic carbocycles. The molecule has 1 aromatic carbocycles. The minimum Gasteiger partial charge on any atom is -0.377 e. The predicted octanol–water partition coefficient (Wildman–Crippen LogP) is 2.58. The number of hydrogen-bond acceptors (Lipinski definition) is 1. The molecule has 1 heteroatoms. The molecule has 3 atom stereocenters. The third kappa shape index (κ3) is 1.19. The van der Waals surface area contributed by atoms with E-state index in [-0.39, 0.29) is 0 Å². The smallest absolute Gasteiger partial charge is 0.0682 e. The van der Waals surface area contributed by atoms with Crippen molar-refractivity contribution in [3.63, 3.8) is 0 Å². The van der Waals surface area contributed by atoms with E-state index in [1.807, 2.05) is 0 Å². The Balaban J connectivity index is 1.82. The summed E-state index contributed by atoms with van der Waals surface area (Å²) >= 11 is 0. The summed E-state index contributed by atoms with van der Waals surface area (Å²) < 4.78 is 5.72. The van der Waals surface area contributed by atoms with Crippen LogP contribution in [0, 0.1) is 5.92 Å². The number of fused-ring (bicyclic) bond motifs is 1. The molecule has 0 N–H and O–H groups in total. The quantitative estimate of drug-likeness (QED) is 0.636. The van der Waals surface area contributed by atoms with Crippen molar-refractivity contribution in [2.45, 2.75) is 24.9 Å². The van der Waals surface area contributed by atoms with Crippen LogP contribution in [0.15, 0.2) is 30.3 Å². The van der Waals surface area contributed by atoms with Crippen LogP contribution in [0.2, 0.25) is 0 Å². The van der Waals surface area contributed by atoms with Gasteiger partial charge in [-0.2, -0.15) is 0 Å². The second-order valence-corrected chi connectivity index (χ2v) is 4.08. The fourth-order valence-electron chi connectivity index (χ4n) is 2.56. The van der Waals surface area contributed by atoms with Crippen LogP contribution in [-0.2, 0) is 4.74 Å². The van der Waals surface area contributed by atoms with E-state index in [4.69, 9.17) is 4.74 Å². The van der Waals surface area contributed by atoms with Crippen molar-refractivity contribution in [3.05, 3.63) is 35.9 Å². The lowest BCUT2D eigenvalue weighted by Gasteiger charge is -2.07. The molecule has 2 fully saturated rings. The lowest BCUT2D eigenvalue weighted by Crippen LogP contribution is -2.05. The highest BCUT2D eigenvalue weighted by molar-refractivity contribution is 5.29. The van der Waals surface area contributed by atoms with Crippen LogP contribution < -0.4 is 0 Å². The molecule has 1 heterocycles. The van der Waals surface area contributed by atoms with E-state index >= 15 is 0 Å². The molecular weight excluding hydrogens is 160 g/mol. The van der Waals surface area contributed by atoms with Crippen LogP contribution in [0.4, 0.5) is 0 Å². The lowest BCUT2D eigenvalue weighted by molar-refractivity contribution is 0.0781. The average molecular weight is 174 g/mol. The van der Waals surface area contributed by atoms with E-state index in [9.17, 15) is 0 Å². The SMILES string of the molecule is c1ccc(C2C3CCCOC32)cc1. The van der Waals surface area contributed by atoms with Crippen LogP contribution >= 0.6 is 0 Å². The van der Waals surface area contributed by atoms with Crippen LogP contribution in [0.5, 0.6) is 0 Å². The van der Waals surface area contributed by atoms with E-state index in [0.717, 1.165) is 12.5 Å². The molecule has 1 saturated heterocycles. The normalized spacial score (nSPS) is 36.8. The third-order valence-corrected chi connectivity index (χ3v) is 3.27. The lowest BCUT2D eigenvalue weighted by atomic mass is 10.1. The van der Waals surface area contributed by atoms with Crippen molar-refractivity contribution in [2.24, 2.45) is 5.92 Å². The van der Waals surface area contributed by atoms with Gasteiger partial charge in [-0.3, -0.25) is 0 Å². The highest BCUT2D eigenvalue weighted by Crippen LogP contribution is 2.54. The molecule has 13 heavy (non-hydrogen) atoms. The van der Waals surface area contributed by atoms with Crippen LogP contribution in [0.3, 0.4) is 0 Å². The van der Waals surface area contributed by atoms with Crippen LogP contribution in [0.1, 0.15) is 24.3 Å². The summed E-state index contributed by atoms with van der Waals surface area (Å²) in [5.74, 6) is 1.54. The minimum absolute atomic E-state index is 0.552. The molecule has 1 aliphatic heterocycles. The average Bonchev–Trinajstić information content (AvgIpc) is 2.93. The maximum Gasteiger partial charge on any atom is 0.0682 e. The molecule has 0 spiro atoms. The van der Waals surface area contributed by atoms with Gasteiger partial charge in [0.1, 0.15) is 0 Å². The summed E-state index contributed by atoms with van der Waals surface area (Å²) in [5, 5.41) is 0. The fraction of sp³-hybridized carbons (Fsp3) is 0.500. The van der Waals surface area contributed by atoms with E-state index in [0.29, 0.717) is 12.0 Å². The molecule has 1 saturated carbocycles. The Kier molecular flexibility index (Phi) is 1.66. The maximum atomic E-state index is 5.72. The second kappa shape index (κ2) is 2.85. The second-order valence-electron chi connectivity index (χ2n) is 4.08. The van der Waals surface area contributed by atoms with Gasteiger partial charge in [0, 0.05) is 12.5 Å². The molecule has 3 unspecified atom stereocenters. The Bertz CT molecular complexity index is 281. The van der Waals surface area contributed by atoms with Crippen molar-refractivity contribution >= 4 is 0 Å². The first-order valence-electron chi connectivity index (χ1n) is 5.13. The Hall–Kier alpha value is -0.820. The molecule has 2 aliphatic rings. The molecule has 0 aromatic heterocycles. The molecule has 0 amide bonds. The Morgan fingerprint density at radius 3 is 2.69 bits per heavy atom. The zero-order valence-corrected chi connectivity index (χ0v) is 7.65. The van der Waals surface area contributed by atoms with Gasteiger partial charge < -0.3 is 4.74 Å². The standard InChI is InChI=1S/C12H14O/c1-2-5-9(6-3-1)11-10-7-4-8-13-12(10)11/h1-3,5-6,10-12H,4,7-8H2. The molecule has 3 rings (SSSR count). The Morgan fingerprint density at radius 1 is 1.15 bits per heavy atom. The first-order chi connectivity index (χ1) is 6.47. The summed E-state index contributed by atoms with van der Waals surface area (Å²) in [4.78, 5) is 0. The van der Waals surface area contributed by atoms with Crippen molar-refractivity contribution in [1.82, 2.24) is 0 Å². The zero-order chi connectivity index (χ0) is 8.67. The van der Waals surface area contributed by atoms with Crippen LogP contribution in [0.25, 0.3) is 0 Å². The Labute approximate surface area is 78.7 Å². The third-order valence-electron chi connectivity index (χ3n) is 3.27. The van der Waals surface area contributed by atoms with Gasteiger partial charge in [0.25, 0.3) is 0 Å². The van der Waals surface area contributed by atoms with E-state index in [1.165, 1.54) is 18.4 Å². The summed E-state index contributed by atoms with van der Waals surface area (Å²) in [6.45, 7) is 0.977. The predicted molar refractivity (Wildman–Crippen MR) is 51.6 cm³/mol. The topological polar surface area (TPSA) is 9.23 Å². The van der Waals surface area contributed by atoms with E-state index < -0.39 is 0 Å². The van der Waals surface area contributed by atoms with Crippen molar-refractivity contribution < 1.29 is 4.74 Å². The van der Waals surface area contributed by atoms with E-state index in [2.05, 4.69) is 30.3 Å². The summed E-state index contributed by atoms with van der Waals surface area (Å²) in [6, 6.07) is 10.8. The monoisotopic (exact) mass is 174 g/mol. The summed E-state index contributed by atoms with van der Waals surface area (Å²) in [7, 11) is 0. The molecule has 0 radical (unpaired) electrons. The van der Waals surface area contributed by atoms with Gasteiger partial charge >= 0.3 is 0 Å². The van der Waals surface area contributed by atoms with Crippen molar-refractivity contribution in [1.29, 1.82) is 0 Å². The van der Waals surface area contributed by atoms with Gasteiger partial charge in [0.15, 0.2) is 0 Å². The van der Waals surface area contributed by atoms with Gasteiger partial charge in [0.2, 0.25) is 0 Å². The molecule has 0 bridgehead atoms. The highest BCUT2D eigenvalue weighted by atomic mass is 16.5. The van der Waals surface area contributed by atoms with Gasteiger partial charge in [0.05, 0.1) is 6.10 Å². The number of ether oxygens (including phenoxy) is 1. The van der Waals surface area contributed by atoms with Gasteiger partial charge in [-0.25, -0.2) is 0 Å². The van der Waals surface area contributed by atoms with Gasteiger partial charge in [-0.15, -0.1) is 0 Å². The maximum absolute atomic E-state index is 5.72. The molecule has 68 valence electrons. The first kappa shape index (κ1) is 7.57. The molecule has 1 nitrogen and oxygen atoms in total.